The van der Waals surface area contributed by atoms with Crippen LogP contribution in [0.25, 0.3) is 0 Å². The number of amides is 1. The van der Waals surface area contributed by atoms with Gasteiger partial charge in [0.15, 0.2) is 6.61 Å². The normalized spacial score (nSPS) is 12.1. The minimum absolute atomic E-state index is 0.00468. The number of nitrogens with zero attached hydrogens (tertiary/aromatic N) is 1. The zero-order chi connectivity index (χ0) is 14.4. The molecule has 0 fully saturated rings. The van der Waals surface area contributed by atoms with E-state index in [2.05, 4.69) is 0 Å². The third kappa shape index (κ3) is 4.24. The molecule has 1 aromatic rings. The van der Waals surface area contributed by atoms with Gasteiger partial charge in [-0.1, -0.05) is 12.1 Å². The standard InChI is InChI=1S/C15H24N2O2/c1-5-17(6-2)15(18)10-19-14-8-7-13(12(4)16)9-11(14)3/h7-9,12H,5-6,10,16H2,1-4H3/t12-/m1/s1. The summed E-state index contributed by atoms with van der Waals surface area (Å²) in [6.45, 7) is 9.33. The lowest BCUT2D eigenvalue weighted by molar-refractivity contribution is -0.132. The molecule has 0 saturated heterocycles. The number of hydrogen-bond acceptors (Lipinski definition) is 3. The second-order valence-electron chi connectivity index (χ2n) is 4.67. The van der Waals surface area contributed by atoms with Crippen molar-refractivity contribution in [2.24, 2.45) is 5.73 Å². The molecule has 0 unspecified atom stereocenters. The first kappa shape index (κ1) is 15.5. The van der Waals surface area contributed by atoms with Gasteiger partial charge in [0, 0.05) is 19.1 Å². The maximum Gasteiger partial charge on any atom is 0.260 e. The quantitative estimate of drug-likeness (QED) is 0.857. The lowest BCUT2D eigenvalue weighted by atomic mass is 10.1. The van der Waals surface area contributed by atoms with Crippen LogP contribution in [0.15, 0.2) is 18.2 Å². The van der Waals surface area contributed by atoms with E-state index in [-0.39, 0.29) is 18.6 Å². The van der Waals surface area contributed by atoms with E-state index in [1.165, 1.54) is 0 Å². The van der Waals surface area contributed by atoms with Crippen LogP contribution in [0.4, 0.5) is 0 Å². The third-order valence-corrected chi connectivity index (χ3v) is 3.19. The number of benzene rings is 1. The van der Waals surface area contributed by atoms with Crippen LogP contribution < -0.4 is 10.5 Å². The van der Waals surface area contributed by atoms with Gasteiger partial charge in [-0.05, 0) is 44.9 Å². The molecule has 1 atom stereocenters. The Labute approximate surface area is 115 Å². The summed E-state index contributed by atoms with van der Waals surface area (Å²) in [5, 5.41) is 0. The molecule has 2 N–H and O–H groups in total. The van der Waals surface area contributed by atoms with Crippen LogP contribution in [0.1, 0.15) is 37.9 Å². The average molecular weight is 264 g/mol. The molecule has 19 heavy (non-hydrogen) atoms. The van der Waals surface area contributed by atoms with Crippen LogP contribution in [0.3, 0.4) is 0 Å². The van der Waals surface area contributed by atoms with E-state index in [4.69, 9.17) is 10.5 Å². The maximum atomic E-state index is 11.8. The monoisotopic (exact) mass is 264 g/mol. The summed E-state index contributed by atoms with van der Waals surface area (Å²) in [7, 11) is 0. The summed E-state index contributed by atoms with van der Waals surface area (Å²) < 4.78 is 5.59. The van der Waals surface area contributed by atoms with Gasteiger partial charge in [-0.25, -0.2) is 0 Å². The second kappa shape index (κ2) is 7.14. The Morgan fingerprint density at radius 2 is 2.00 bits per heavy atom. The molecule has 1 aromatic carbocycles. The molecule has 1 rings (SSSR count). The molecule has 0 radical (unpaired) electrons. The van der Waals surface area contributed by atoms with Gasteiger partial charge in [0.1, 0.15) is 5.75 Å². The van der Waals surface area contributed by atoms with Crippen LogP contribution in [0.5, 0.6) is 5.75 Å². The Bertz CT molecular complexity index is 426. The van der Waals surface area contributed by atoms with Crippen molar-refractivity contribution in [1.29, 1.82) is 0 Å². The molecule has 106 valence electrons. The average Bonchev–Trinajstić information content (AvgIpc) is 2.38. The first-order valence-corrected chi connectivity index (χ1v) is 6.76. The Hall–Kier alpha value is -1.55. The highest BCUT2D eigenvalue weighted by Crippen LogP contribution is 2.21. The second-order valence-corrected chi connectivity index (χ2v) is 4.67. The van der Waals surface area contributed by atoms with E-state index >= 15 is 0 Å². The molecule has 0 heterocycles. The summed E-state index contributed by atoms with van der Waals surface area (Å²) in [5.74, 6) is 0.755. The Morgan fingerprint density at radius 3 is 2.47 bits per heavy atom. The number of aryl methyl sites for hydroxylation is 1. The number of nitrogens with two attached hydrogens (primary N) is 1. The van der Waals surface area contributed by atoms with Crippen LogP contribution in [-0.2, 0) is 4.79 Å². The lowest BCUT2D eigenvalue weighted by Crippen LogP contribution is -2.34. The summed E-state index contributed by atoms with van der Waals surface area (Å²) in [6.07, 6.45) is 0. The molecule has 0 saturated carbocycles. The lowest BCUT2D eigenvalue weighted by Gasteiger charge is -2.19. The first-order chi connectivity index (χ1) is 8.99. The van der Waals surface area contributed by atoms with Crippen LogP contribution in [0.2, 0.25) is 0 Å². The van der Waals surface area contributed by atoms with Gasteiger partial charge in [-0.2, -0.15) is 0 Å². The molecule has 0 bridgehead atoms. The van der Waals surface area contributed by atoms with E-state index in [0.29, 0.717) is 13.1 Å². The third-order valence-electron chi connectivity index (χ3n) is 3.19. The summed E-state index contributed by atoms with van der Waals surface area (Å²) in [5.41, 5.74) is 7.90. The molecular formula is C15H24N2O2. The van der Waals surface area contributed by atoms with Crippen molar-refractivity contribution in [3.8, 4) is 5.75 Å². The van der Waals surface area contributed by atoms with E-state index in [9.17, 15) is 4.79 Å². The first-order valence-electron chi connectivity index (χ1n) is 6.76. The van der Waals surface area contributed by atoms with Crippen LogP contribution in [0, 0.1) is 6.92 Å². The zero-order valence-corrected chi connectivity index (χ0v) is 12.3. The Morgan fingerprint density at radius 1 is 1.37 bits per heavy atom. The number of rotatable bonds is 6. The van der Waals surface area contributed by atoms with Gasteiger partial charge < -0.3 is 15.4 Å². The minimum Gasteiger partial charge on any atom is -0.484 e. The van der Waals surface area contributed by atoms with Crippen molar-refractivity contribution in [1.82, 2.24) is 4.90 Å². The van der Waals surface area contributed by atoms with Gasteiger partial charge in [0.25, 0.3) is 5.91 Å². The van der Waals surface area contributed by atoms with E-state index in [0.717, 1.165) is 16.9 Å². The van der Waals surface area contributed by atoms with E-state index in [1.54, 1.807) is 4.90 Å². The topological polar surface area (TPSA) is 55.6 Å². The fraction of sp³-hybridized carbons (Fsp3) is 0.533. The molecule has 0 aliphatic carbocycles. The van der Waals surface area contributed by atoms with E-state index < -0.39 is 0 Å². The molecule has 4 heteroatoms. The predicted octanol–water partition coefficient (Wildman–Crippen LogP) is 2.26. The summed E-state index contributed by atoms with van der Waals surface area (Å²) >= 11 is 0. The maximum absolute atomic E-state index is 11.8. The number of carbonyl (C=O) groups is 1. The predicted molar refractivity (Wildman–Crippen MR) is 77.2 cm³/mol. The SMILES string of the molecule is CCN(CC)C(=O)COc1ccc([C@@H](C)N)cc1C. The largest absolute Gasteiger partial charge is 0.484 e. The Balaban J connectivity index is 2.66. The van der Waals surface area contributed by atoms with E-state index in [1.807, 2.05) is 45.9 Å². The smallest absolute Gasteiger partial charge is 0.260 e. The van der Waals surface area contributed by atoms with Crippen molar-refractivity contribution in [2.45, 2.75) is 33.7 Å². The number of likely N-dealkylation sites (N-methyl/N-ethyl adjacent to an activating group) is 1. The van der Waals surface area contributed by atoms with Crippen LogP contribution in [-0.4, -0.2) is 30.5 Å². The van der Waals surface area contributed by atoms with Crippen LogP contribution >= 0.6 is 0 Å². The number of carbonyl (C=O) groups excluding carboxylic acids is 1. The molecule has 0 spiro atoms. The Kier molecular flexibility index (Phi) is 5.83. The van der Waals surface area contributed by atoms with Crippen molar-refractivity contribution in [3.05, 3.63) is 29.3 Å². The molecular weight excluding hydrogens is 240 g/mol. The summed E-state index contributed by atoms with van der Waals surface area (Å²) in [4.78, 5) is 13.6. The highest BCUT2D eigenvalue weighted by atomic mass is 16.5. The zero-order valence-electron chi connectivity index (χ0n) is 12.3. The molecule has 4 nitrogen and oxygen atoms in total. The minimum atomic E-state index is 0.00468. The van der Waals surface area contributed by atoms with Crippen molar-refractivity contribution < 1.29 is 9.53 Å². The molecule has 0 aliphatic heterocycles. The summed E-state index contributed by atoms with van der Waals surface area (Å²) in [6, 6.07) is 5.82. The van der Waals surface area contributed by atoms with Gasteiger partial charge in [0.05, 0.1) is 0 Å². The molecule has 0 aliphatic rings. The highest BCUT2D eigenvalue weighted by molar-refractivity contribution is 5.77. The number of ether oxygens (including phenoxy) is 1. The van der Waals surface area contributed by atoms with Crippen molar-refractivity contribution >= 4 is 5.91 Å². The molecule has 0 aromatic heterocycles. The van der Waals surface area contributed by atoms with Gasteiger partial charge in [0.2, 0.25) is 0 Å². The van der Waals surface area contributed by atoms with Gasteiger partial charge in [-0.3, -0.25) is 4.79 Å². The fourth-order valence-electron chi connectivity index (χ4n) is 1.92. The van der Waals surface area contributed by atoms with Crippen molar-refractivity contribution in [3.63, 3.8) is 0 Å². The fourth-order valence-corrected chi connectivity index (χ4v) is 1.92. The number of hydrogen-bond donors (Lipinski definition) is 1. The molecule has 1 amide bonds. The van der Waals surface area contributed by atoms with Gasteiger partial charge >= 0.3 is 0 Å². The highest BCUT2D eigenvalue weighted by Gasteiger charge is 2.11. The van der Waals surface area contributed by atoms with Gasteiger partial charge in [-0.15, -0.1) is 0 Å². The van der Waals surface area contributed by atoms with Crippen molar-refractivity contribution in [2.75, 3.05) is 19.7 Å².